The van der Waals surface area contributed by atoms with E-state index < -0.39 is 0 Å². The van der Waals surface area contributed by atoms with Crippen LogP contribution in [-0.2, 0) is 11.3 Å². The molecule has 2 aromatic carbocycles. The fourth-order valence-corrected chi connectivity index (χ4v) is 2.51. The number of rotatable bonds is 8. The second-order valence-electron chi connectivity index (χ2n) is 5.74. The molecule has 0 saturated heterocycles. The molecule has 2 rings (SSSR count). The number of ether oxygens (including phenoxy) is 2. The highest BCUT2D eigenvalue weighted by atomic mass is 16.5. The van der Waals surface area contributed by atoms with Gasteiger partial charge in [0.25, 0.3) is 0 Å². The molecule has 0 aliphatic heterocycles. The van der Waals surface area contributed by atoms with Gasteiger partial charge < -0.3 is 14.8 Å². The van der Waals surface area contributed by atoms with Gasteiger partial charge in [0.1, 0.15) is 11.5 Å². The van der Waals surface area contributed by atoms with Crippen molar-refractivity contribution in [3.05, 3.63) is 59.2 Å². The van der Waals surface area contributed by atoms with Gasteiger partial charge in [0.2, 0.25) is 5.91 Å². The highest BCUT2D eigenvalue weighted by Gasteiger charge is 2.06. The van der Waals surface area contributed by atoms with Crippen LogP contribution in [0.1, 0.15) is 30.0 Å². The van der Waals surface area contributed by atoms with Crippen LogP contribution in [0.5, 0.6) is 11.5 Å². The van der Waals surface area contributed by atoms with Crippen molar-refractivity contribution in [2.24, 2.45) is 0 Å². The third-order valence-corrected chi connectivity index (χ3v) is 3.54. The van der Waals surface area contributed by atoms with E-state index in [1.54, 1.807) is 0 Å². The van der Waals surface area contributed by atoms with E-state index in [0.717, 1.165) is 28.2 Å². The summed E-state index contributed by atoms with van der Waals surface area (Å²) in [5.41, 5.74) is 3.28. The maximum atomic E-state index is 12.0. The lowest BCUT2D eigenvalue weighted by molar-refractivity contribution is -0.121. The number of nitrogens with one attached hydrogen (secondary N) is 1. The summed E-state index contributed by atoms with van der Waals surface area (Å²) in [5.74, 6) is 1.58. The van der Waals surface area contributed by atoms with Gasteiger partial charge in [0, 0.05) is 12.1 Å². The second kappa shape index (κ2) is 8.96. The number of carbonyl (C=O) groups excluding carboxylic acids is 1. The zero-order valence-corrected chi connectivity index (χ0v) is 14.6. The van der Waals surface area contributed by atoms with Crippen LogP contribution in [0.2, 0.25) is 0 Å². The first-order chi connectivity index (χ1) is 11.6. The molecule has 128 valence electrons. The minimum absolute atomic E-state index is 0.0364. The fraction of sp³-hybridized carbons (Fsp3) is 0.350. The first kappa shape index (κ1) is 17.9. The predicted molar refractivity (Wildman–Crippen MR) is 95.5 cm³/mol. The molecule has 0 aliphatic rings. The van der Waals surface area contributed by atoms with Crippen LogP contribution >= 0.6 is 0 Å². The maximum absolute atomic E-state index is 12.0. The summed E-state index contributed by atoms with van der Waals surface area (Å²) in [6.07, 6.45) is 0.323. The molecule has 0 atom stereocenters. The summed E-state index contributed by atoms with van der Waals surface area (Å²) in [7, 11) is 0. The number of aryl methyl sites for hydroxylation is 2. The lowest BCUT2D eigenvalue weighted by atomic mass is 10.1. The Labute approximate surface area is 143 Å². The average molecular weight is 327 g/mol. The Balaban J connectivity index is 1.77. The van der Waals surface area contributed by atoms with Gasteiger partial charge in [-0.3, -0.25) is 4.79 Å². The average Bonchev–Trinajstić information content (AvgIpc) is 2.53. The van der Waals surface area contributed by atoms with Crippen molar-refractivity contribution in [1.82, 2.24) is 5.32 Å². The number of hydrogen-bond acceptors (Lipinski definition) is 3. The first-order valence-electron chi connectivity index (χ1n) is 8.27. The molecule has 0 aromatic heterocycles. The van der Waals surface area contributed by atoms with Gasteiger partial charge in [-0.15, -0.1) is 0 Å². The SMILES string of the molecule is CCOc1ccccc1CNC(=O)CCOc1cc(C)cc(C)c1. The molecule has 4 heteroatoms. The number of amides is 1. The third kappa shape index (κ3) is 5.61. The van der Waals surface area contributed by atoms with Crippen LogP contribution in [0.3, 0.4) is 0 Å². The van der Waals surface area contributed by atoms with E-state index >= 15 is 0 Å². The highest BCUT2D eigenvalue weighted by molar-refractivity contribution is 5.76. The number of hydrogen-bond donors (Lipinski definition) is 1. The largest absolute Gasteiger partial charge is 0.494 e. The molecule has 0 aliphatic carbocycles. The number of para-hydroxylation sites is 1. The van der Waals surface area contributed by atoms with Crippen LogP contribution in [0.15, 0.2) is 42.5 Å². The van der Waals surface area contributed by atoms with E-state index in [9.17, 15) is 4.79 Å². The minimum Gasteiger partial charge on any atom is -0.494 e. The van der Waals surface area contributed by atoms with Crippen LogP contribution in [-0.4, -0.2) is 19.1 Å². The summed E-state index contributed by atoms with van der Waals surface area (Å²) in [6.45, 7) is 7.43. The zero-order valence-electron chi connectivity index (χ0n) is 14.6. The molecular formula is C20H25NO3. The third-order valence-electron chi connectivity index (χ3n) is 3.54. The summed E-state index contributed by atoms with van der Waals surface area (Å²) in [4.78, 5) is 12.0. The molecule has 2 aromatic rings. The van der Waals surface area contributed by atoms with Gasteiger partial charge in [-0.2, -0.15) is 0 Å². The van der Waals surface area contributed by atoms with Gasteiger partial charge in [0.15, 0.2) is 0 Å². The second-order valence-corrected chi connectivity index (χ2v) is 5.74. The van der Waals surface area contributed by atoms with E-state index in [2.05, 4.69) is 11.4 Å². The molecule has 0 heterocycles. The minimum atomic E-state index is -0.0364. The Morgan fingerprint density at radius 1 is 1.04 bits per heavy atom. The van der Waals surface area contributed by atoms with Crippen molar-refractivity contribution in [3.63, 3.8) is 0 Å². The maximum Gasteiger partial charge on any atom is 0.223 e. The van der Waals surface area contributed by atoms with Crippen molar-refractivity contribution in [2.75, 3.05) is 13.2 Å². The molecule has 1 N–H and O–H groups in total. The fourth-order valence-electron chi connectivity index (χ4n) is 2.51. The molecule has 0 saturated carbocycles. The van der Waals surface area contributed by atoms with Gasteiger partial charge in [-0.1, -0.05) is 24.3 Å². The van der Waals surface area contributed by atoms with E-state index in [1.165, 1.54) is 0 Å². The van der Waals surface area contributed by atoms with Crippen LogP contribution in [0, 0.1) is 13.8 Å². The highest BCUT2D eigenvalue weighted by Crippen LogP contribution is 2.18. The Bertz CT molecular complexity index is 662. The molecule has 4 nitrogen and oxygen atoms in total. The summed E-state index contributed by atoms with van der Waals surface area (Å²) >= 11 is 0. The molecule has 0 bridgehead atoms. The van der Waals surface area contributed by atoms with Gasteiger partial charge in [-0.05, 0) is 50.1 Å². The monoisotopic (exact) mass is 327 g/mol. The molecule has 0 unspecified atom stereocenters. The Hall–Kier alpha value is -2.49. The first-order valence-corrected chi connectivity index (χ1v) is 8.27. The standard InChI is InChI=1S/C20H25NO3/c1-4-23-19-8-6-5-7-17(19)14-21-20(22)9-10-24-18-12-15(2)11-16(3)13-18/h5-8,11-13H,4,9-10,14H2,1-3H3,(H,21,22). The summed E-state index contributed by atoms with van der Waals surface area (Å²) in [6, 6.07) is 13.8. The number of carbonyl (C=O) groups is 1. The van der Waals surface area contributed by atoms with Crippen LogP contribution < -0.4 is 14.8 Å². The van der Waals surface area contributed by atoms with Crippen molar-refractivity contribution >= 4 is 5.91 Å². The van der Waals surface area contributed by atoms with E-state index in [0.29, 0.717) is 26.2 Å². The van der Waals surface area contributed by atoms with Crippen LogP contribution in [0.25, 0.3) is 0 Å². The van der Waals surface area contributed by atoms with Gasteiger partial charge in [0.05, 0.1) is 19.6 Å². The zero-order chi connectivity index (χ0) is 17.4. The smallest absolute Gasteiger partial charge is 0.223 e. The van der Waals surface area contributed by atoms with E-state index in [1.807, 2.05) is 57.2 Å². The van der Waals surface area contributed by atoms with Crippen molar-refractivity contribution in [1.29, 1.82) is 0 Å². The lowest BCUT2D eigenvalue weighted by Crippen LogP contribution is -2.24. The van der Waals surface area contributed by atoms with E-state index in [4.69, 9.17) is 9.47 Å². The normalized spacial score (nSPS) is 10.3. The Kier molecular flexibility index (Phi) is 6.67. The molecular weight excluding hydrogens is 302 g/mol. The molecule has 0 fully saturated rings. The van der Waals surface area contributed by atoms with Crippen LogP contribution in [0.4, 0.5) is 0 Å². The molecule has 0 spiro atoms. The van der Waals surface area contributed by atoms with E-state index in [-0.39, 0.29) is 5.91 Å². The van der Waals surface area contributed by atoms with Crippen molar-refractivity contribution in [3.8, 4) is 11.5 Å². The van der Waals surface area contributed by atoms with Gasteiger partial charge >= 0.3 is 0 Å². The Morgan fingerprint density at radius 2 is 1.75 bits per heavy atom. The predicted octanol–water partition coefficient (Wildman–Crippen LogP) is 3.79. The molecule has 0 radical (unpaired) electrons. The summed E-state index contributed by atoms with van der Waals surface area (Å²) < 4.78 is 11.2. The molecule has 1 amide bonds. The topological polar surface area (TPSA) is 47.6 Å². The van der Waals surface area contributed by atoms with Gasteiger partial charge in [-0.25, -0.2) is 0 Å². The lowest BCUT2D eigenvalue weighted by Gasteiger charge is -2.11. The summed E-state index contributed by atoms with van der Waals surface area (Å²) in [5, 5.41) is 2.91. The molecule has 24 heavy (non-hydrogen) atoms. The Morgan fingerprint density at radius 3 is 2.46 bits per heavy atom. The van der Waals surface area contributed by atoms with Crippen molar-refractivity contribution in [2.45, 2.75) is 33.7 Å². The van der Waals surface area contributed by atoms with Crippen molar-refractivity contribution < 1.29 is 14.3 Å². The quantitative estimate of drug-likeness (QED) is 0.802. The number of benzene rings is 2.